The molecule has 0 fully saturated rings. The van der Waals surface area contributed by atoms with Gasteiger partial charge in [0.1, 0.15) is 11.5 Å². The van der Waals surface area contributed by atoms with Gasteiger partial charge in [-0.2, -0.15) is 0 Å². The third kappa shape index (κ3) is 10.5. The van der Waals surface area contributed by atoms with Gasteiger partial charge in [0.25, 0.3) is 0 Å². The maximum absolute atomic E-state index is 6.25. The third-order valence-corrected chi connectivity index (χ3v) is 10.1. The molecule has 2 atom stereocenters. The minimum absolute atomic E-state index is 0.604. The lowest BCUT2D eigenvalue weighted by Gasteiger charge is -2.16. The Bertz CT molecular complexity index is 1650. The highest BCUT2D eigenvalue weighted by molar-refractivity contribution is 9.10. The molecule has 4 aromatic carbocycles. The fourth-order valence-corrected chi connectivity index (χ4v) is 6.65. The lowest BCUT2D eigenvalue weighted by molar-refractivity contribution is 0.233. The zero-order chi connectivity index (χ0) is 34.4. The summed E-state index contributed by atoms with van der Waals surface area (Å²) in [5.74, 6) is 3.07. The van der Waals surface area contributed by atoms with Gasteiger partial charge in [0.05, 0.1) is 18.9 Å². The van der Waals surface area contributed by atoms with Crippen molar-refractivity contribution in [1.82, 2.24) is 4.98 Å². The molecule has 2 unspecified atom stereocenters. The zero-order valence-electron chi connectivity index (χ0n) is 29.8. The van der Waals surface area contributed by atoms with Gasteiger partial charge in [0.2, 0.25) is 0 Å². The molecule has 256 valence electrons. The second-order valence-electron chi connectivity index (χ2n) is 13.2. The number of hydrogen-bond donors (Lipinski definition) is 0. The fourth-order valence-electron chi connectivity index (χ4n) is 6.25. The maximum Gasteiger partial charge on any atom is 0.119 e. The predicted octanol–water partition coefficient (Wildman–Crippen LogP) is 13.7. The van der Waals surface area contributed by atoms with Crippen molar-refractivity contribution in [2.75, 3.05) is 13.2 Å². The second-order valence-corrected chi connectivity index (χ2v) is 14.2. The number of benzene rings is 4. The maximum atomic E-state index is 6.25. The molecule has 3 nitrogen and oxygen atoms in total. The van der Waals surface area contributed by atoms with Crippen LogP contribution in [0.4, 0.5) is 0 Å². The molecule has 4 heteroatoms. The zero-order valence-corrected chi connectivity index (χ0v) is 31.3. The van der Waals surface area contributed by atoms with Gasteiger partial charge in [-0.1, -0.05) is 119 Å². The van der Waals surface area contributed by atoms with E-state index in [-0.39, 0.29) is 0 Å². The van der Waals surface area contributed by atoms with Gasteiger partial charge in [0.15, 0.2) is 0 Å². The Balaban J connectivity index is 1.44. The topological polar surface area (TPSA) is 31.4 Å². The van der Waals surface area contributed by atoms with E-state index in [1.54, 1.807) is 0 Å². The smallest absolute Gasteiger partial charge is 0.119 e. The van der Waals surface area contributed by atoms with Crippen molar-refractivity contribution in [3.05, 3.63) is 114 Å². The first-order valence-electron chi connectivity index (χ1n) is 18.3. The van der Waals surface area contributed by atoms with Crippen LogP contribution in [-0.4, -0.2) is 18.2 Å². The van der Waals surface area contributed by atoms with Crippen LogP contribution < -0.4 is 9.47 Å². The molecule has 0 saturated carbocycles. The third-order valence-electron chi connectivity index (χ3n) is 9.58. The first-order chi connectivity index (χ1) is 24.0. The summed E-state index contributed by atoms with van der Waals surface area (Å²) in [6, 6.07) is 36.7. The van der Waals surface area contributed by atoms with E-state index in [0.717, 1.165) is 86.7 Å². The fraction of sp³-hybridized carbons (Fsp3) is 0.356. The van der Waals surface area contributed by atoms with Crippen LogP contribution in [-0.2, 0) is 0 Å². The summed E-state index contributed by atoms with van der Waals surface area (Å²) in [6.45, 7) is 10.6. The highest BCUT2D eigenvalue weighted by Crippen LogP contribution is 2.35. The predicted molar refractivity (Wildman–Crippen MR) is 211 cm³/mol. The van der Waals surface area contributed by atoms with Crippen LogP contribution >= 0.6 is 15.9 Å². The second kappa shape index (κ2) is 18.8. The van der Waals surface area contributed by atoms with E-state index in [1.807, 2.05) is 12.3 Å². The molecule has 0 amide bonds. The first kappa shape index (κ1) is 36.4. The van der Waals surface area contributed by atoms with Crippen LogP contribution in [0.15, 0.2) is 114 Å². The number of nitrogens with zero attached hydrogens (tertiary/aromatic N) is 1. The SMILES string of the molecule is CCCCC(CC)COc1ccc(-c2cc(-c3ccc(OCC(CC)CCCC)cc3)cc(-c3ccnc(-c4cccc(Br)c4)c3)c2)cc1. The Morgan fingerprint density at radius 3 is 1.51 bits per heavy atom. The minimum Gasteiger partial charge on any atom is -0.493 e. The van der Waals surface area contributed by atoms with Gasteiger partial charge in [0, 0.05) is 16.2 Å². The van der Waals surface area contributed by atoms with Gasteiger partial charge in [-0.3, -0.25) is 4.98 Å². The van der Waals surface area contributed by atoms with Crippen LogP contribution in [0, 0.1) is 11.8 Å². The van der Waals surface area contributed by atoms with Crippen molar-refractivity contribution < 1.29 is 9.47 Å². The van der Waals surface area contributed by atoms with E-state index in [9.17, 15) is 0 Å². The van der Waals surface area contributed by atoms with Crippen LogP contribution in [0.3, 0.4) is 0 Å². The number of ether oxygens (including phenoxy) is 2. The van der Waals surface area contributed by atoms with Crippen LogP contribution in [0.1, 0.15) is 79.1 Å². The Morgan fingerprint density at radius 1 is 0.531 bits per heavy atom. The summed E-state index contributed by atoms with van der Waals surface area (Å²) in [4.78, 5) is 4.71. The van der Waals surface area contributed by atoms with Gasteiger partial charge < -0.3 is 9.47 Å². The van der Waals surface area contributed by atoms with Crippen LogP contribution in [0.2, 0.25) is 0 Å². The molecular weight excluding hydrogens is 666 g/mol. The molecule has 1 heterocycles. The molecule has 0 aliphatic heterocycles. The van der Waals surface area contributed by atoms with Gasteiger partial charge >= 0.3 is 0 Å². The number of unbranched alkanes of at least 4 members (excludes halogenated alkanes) is 2. The van der Waals surface area contributed by atoms with Crippen molar-refractivity contribution in [3.8, 4) is 56.1 Å². The number of pyridine rings is 1. The molecule has 0 N–H and O–H groups in total. The van der Waals surface area contributed by atoms with E-state index >= 15 is 0 Å². The average Bonchev–Trinajstić information content (AvgIpc) is 3.15. The number of rotatable bonds is 18. The Morgan fingerprint density at radius 2 is 1.04 bits per heavy atom. The van der Waals surface area contributed by atoms with Gasteiger partial charge in [-0.25, -0.2) is 0 Å². The molecule has 49 heavy (non-hydrogen) atoms. The van der Waals surface area contributed by atoms with E-state index < -0.39 is 0 Å². The number of hydrogen-bond acceptors (Lipinski definition) is 3. The molecule has 0 radical (unpaired) electrons. The highest BCUT2D eigenvalue weighted by Gasteiger charge is 2.12. The van der Waals surface area contributed by atoms with Gasteiger partial charge in [-0.05, 0) is 125 Å². The molecule has 5 rings (SSSR count). The standard InChI is InChI=1S/C45H52BrNO2/c1-5-9-12-33(7-3)31-48-43-20-16-35(17-21-43)39-26-40(36-18-22-44(23-19-36)49-32-34(8-4)13-10-6-2)28-41(27-39)37-24-25-47-45(30-37)38-14-11-15-42(46)29-38/h11,14-30,33-34H,5-10,12-13,31-32H2,1-4H3. The van der Waals surface area contributed by atoms with Gasteiger partial charge in [-0.15, -0.1) is 0 Å². The molecule has 0 spiro atoms. The largest absolute Gasteiger partial charge is 0.493 e. The minimum atomic E-state index is 0.604. The molecule has 0 aliphatic rings. The van der Waals surface area contributed by atoms with Crippen LogP contribution in [0.5, 0.6) is 11.5 Å². The van der Waals surface area contributed by atoms with Crippen molar-refractivity contribution in [2.45, 2.75) is 79.1 Å². The molecule has 1 aromatic heterocycles. The summed E-state index contributed by atoms with van der Waals surface area (Å²) in [7, 11) is 0. The molecule has 0 saturated heterocycles. The number of halogens is 1. The van der Waals surface area contributed by atoms with E-state index in [1.165, 1.54) is 38.5 Å². The first-order valence-corrected chi connectivity index (χ1v) is 19.1. The Hall–Kier alpha value is -3.89. The molecule has 0 aliphatic carbocycles. The lowest BCUT2D eigenvalue weighted by Crippen LogP contribution is -2.11. The van der Waals surface area contributed by atoms with E-state index in [2.05, 4.69) is 141 Å². The summed E-state index contributed by atoms with van der Waals surface area (Å²) < 4.78 is 13.5. The summed E-state index contributed by atoms with van der Waals surface area (Å²) in [6.07, 6.45) is 11.6. The Labute approximate surface area is 303 Å². The molecule has 0 bridgehead atoms. The number of aromatic nitrogens is 1. The average molecular weight is 719 g/mol. The molecule has 5 aromatic rings. The molecular formula is C45H52BrNO2. The van der Waals surface area contributed by atoms with Crippen LogP contribution in [0.25, 0.3) is 44.6 Å². The summed E-state index contributed by atoms with van der Waals surface area (Å²) in [5, 5.41) is 0. The lowest BCUT2D eigenvalue weighted by atomic mass is 9.93. The normalized spacial score (nSPS) is 12.4. The quantitative estimate of drug-likeness (QED) is 0.0904. The van der Waals surface area contributed by atoms with Crippen molar-refractivity contribution >= 4 is 15.9 Å². The monoisotopic (exact) mass is 717 g/mol. The highest BCUT2D eigenvalue weighted by atomic mass is 79.9. The van der Waals surface area contributed by atoms with E-state index in [4.69, 9.17) is 14.5 Å². The summed E-state index contributed by atoms with van der Waals surface area (Å²) >= 11 is 3.62. The van der Waals surface area contributed by atoms with Crippen molar-refractivity contribution in [2.24, 2.45) is 11.8 Å². The van der Waals surface area contributed by atoms with E-state index in [0.29, 0.717) is 11.8 Å². The summed E-state index contributed by atoms with van der Waals surface area (Å²) in [5.41, 5.74) is 8.95. The van der Waals surface area contributed by atoms with Crippen molar-refractivity contribution in [1.29, 1.82) is 0 Å². The Kier molecular flexibility index (Phi) is 13.9. The van der Waals surface area contributed by atoms with Crippen molar-refractivity contribution in [3.63, 3.8) is 0 Å².